The lowest BCUT2D eigenvalue weighted by Gasteiger charge is -2.25. The van der Waals surface area contributed by atoms with Crippen molar-refractivity contribution in [3.05, 3.63) is 77.6 Å². The summed E-state index contributed by atoms with van der Waals surface area (Å²) in [5.74, 6) is -1.52. The molecule has 0 saturated carbocycles. The molecule has 1 heterocycles. The van der Waals surface area contributed by atoms with E-state index < -0.39 is 17.8 Å². The zero-order chi connectivity index (χ0) is 31.3. The Bertz CT molecular complexity index is 1620. The topological polar surface area (TPSA) is 112 Å². The predicted molar refractivity (Wildman–Crippen MR) is 167 cm³/mol. The quantitative estimate of drug-likeness (QED) is 0.169. The fraction of sp³-hybridized carbons (Fsp3) is 0.324. The lowest BCUT2D eigenvalue weighted by Crippen LogP contribution is -2.37. The van der Waals surface area contributed by atoms with Crippen molar-refractivity contribution in [3.63, 3.8) is 0 Å². The van der Waals surface area contributed by atoms with Crippen LogP contribution in [0.1, 0.15) is 61.3 Å². The first-order valence-corrected chi connectivity index (χ1v) is 14.5. The van der Waals surface area contributed by atoms with Crippen LogP contribution in [0.15, 0.2) is 65.1 Å². The molecule has 0 bridgehead atoms. The smallest absolute Gasteiger partial charge is 0.305 e. The highest BCUT2D eigenvalue weighted by molar-refractivity contribution is 6.13. The molecule has 0 unspecified atom stereocenters. The van der Waals surface area contributed by atoms with E-state index in [1.54, 1.807) is 37.4 Å². The Hall–Kier alpha value is -4.66. The van der Waals surface area contributed by atoms with E-state index in [9.17, 15) is 23.9 Å². The maximum atomic E-state index is 13.7. The SMILES string of the molecule is CCN(CC)c1cc2oc(-c3ccc(F)cc3)c(C(=O)NC)c2cc1-c1cccc(C(=O)N[C@H](CC(=O)O)CC(C)C)c1. The monoisotopic (exact) mass is 587 g/mol. The number of fused-ring (bicyclic) bond motifs is 1. The summed E-state index contributed by atoms with van der Waals surface area (Å²) in [5.41, 5.74) is 4.21. The molecule has 0 saturated heterocycles. The van der Waals surface area contributed by atoms with Crippen molar-refractivity contribution in [2.75, 3.05) is 25.0 Å². The van der Waals surface area contributed by atoms with Crippen molar-refractivity contribution in [1.82, 2.24) is 10.6 Å². The summed E-state index contributed by atoms with van der Waals surface area (Å²) in [4.78, 5) is 40.0. The van der Waals surface area contributed by atoms with Crippen LogP contribution in [-0.4, -0.2) is 49.1 Å². The number of amides is 2. The number of hydrogen-bond donors (Lipinski definition) is 3. The summed E-state index contributed by atoms with van der Waals surface area (Å²) in [7, 11) is 1.54. The molecule has 0 aliphatic heterocycles. The third kappa shape index (κ3) is 7.05. The van der Waals surface area contributed by atoms with Crippen LogP contribution in [0.2, 0.25) is 0 Å². The van der Waals surface area contributed by atoms with Gasteiger partial charge in [-0.3, -0.25) is 14.4 Å². The van der Waals surface area contributed by atoms with Gasteiger partial charge in [0.05, 0.1) is 12.0 Å². The minimum atomic E-state index is -0.969. The Labute approximate surface area is 250 Å². The molecule has 1 aromatic heterocycles. The molecule has 4 aromatic rings. The normalized spacial score (nSPS) is 11.9. The number of carbonyl (C=O) groups excluding carboxylic acids is 2. The summed E-state index contributed by atoms with van der Waals surface area (Å²) < 4.78 is 20.0. The number of rotatable bonds is 12. The number of carbonyl (C=O) groups is 3. The molecule has 0 aliphatic rings. The molecular formula is C34H38FN3O5. The Morgan fingerprint density at radius 3 is 2.26 bits per heavy atom. The van der Waals surface area contributed by atoms with Crippen LogP contribution >= 0.6 is 0 Å². The molecule has 1 atom stereocenters. The van der Waals surface area contributed by atoms with Crippen molar-refractivity contribution >= 4 is 34.4 Å². The molecule has 3 aromatic carbocycles. The Morgan fingerprint density at radius 2 is 1.65 bits per heavy atom. The minimum absolute atomic E-state index is 0.161. The highest BCUT2D eigenvalue weighted by atomic mass is 19.1. The van der Waals surface area contributed by atoms with Crippen LogP contribution < -0.4 is 15.5 Å². The van der Waals surface area contributed by atoms with Crippen LogP contribution in [0.5, 0.6) is 0 Å². The molecule has 0 fully saturated rings. The van der Waals surface area contributed by atoms with Gasteiger partial charge in [0.2, 0.25) is 0 Å². The van der Waals surface area contributed by atoms with E-state index in [4.69, 9.17) is 4.42 Å². The van der Waals surface area contributed by atoms with Gasteiger partial charge in [0.1, 0.15) is 17.2 Å². The van der Waals surface area contributed by atoms with Crippen molar-refractivity contribution < 1.29 is 28.3 Å². The first-order chi connectivity index (χ1) is 20.6. The third-order valence-corrected chi connectivity index (χ3v) is 7.42. The zero-order valence-corrected chi connectivity index (χ0v) is 25.2. The van der Waals surface area contributed by atoms with Crippen molar-refractivity contribution in [2.24, 2.45) is 5.92 Å². The minimum Gasteiger partial charge on any atom is -0.481 e. The molecule has 8 nitrogen and oxygen atoms in total. The Morgan fingerprint density at radius 1 is 0.953 bits per heavy atom. The zero-order valence-electron chi connectivity index (χ0n) is 25.2. The molecule has 0 radical (unpaired) electrons. The van der Waals surface area contributed by atoms with E-state index in [0.29, 0.717) is 52.9 Å². The highest BCUT2D eigenvalue weighted by Gasteiger charge is 2.25. The second kappa shape index (κ2) is 13.5. The molecule has 43 heavy (non-hydrogen) atoms. The van der Waals surface area contributed by atoms with Gasteiger partial charge in [0, 0.05) is 60.0 Å². The van der Waals surface area contributed by atoms with Crippen LogP contribution in [0.25, 0.3) is 33.4 Å². The van der Waals surface area contributed by atoms with Gasteiger partial charge >= 0.3 is 5.97 Å². The summed E-state index contributed by atoms with van der Waals surface area (Å²) in [6.45, 7) is 9.46. The maximum absolute atomic E-state index is 13.7. The molecule has 0 aliphatic carbocycles. The van der Waals surface area contributed by atoms with Crippen LogP contribution in [0.3, 0.4) is 0 Å². The largest absolute Gasteiger partial charge is 0.481 e. The summed E-state index contributed by atoms with van der Waals surface area (Å²) in [6.07, 6.45) is 0.380. The number of anilines is 1. The van der Waals surface area contributed by atoms with Gasteiger partial charge in [-0.15, -0.1) is 0 Å². The number of benzene rings is 3. The molecular weight excluding hydrogens is 549 g/mol. The van der Waals surface area contributed by atoms with E-state index in [0.717, 1.165) is 16.8 Å². The molecule has 3 N–H and O–H groups in total. The van der Waals surface area contributed by atoms with Crippen LogP contribution in [0.4, 0.5) is 10.1 Å². The highest BCUT2D eigenvalue weighted by Crippen LogP contribution is 2.41. The van der Waals surface area contributed by atoms with Gasteiger partial charge in [-0.2, -0.15) is 0 Å². The van der Waals surface area contributed by atoms with Gasteiger partial charge in [-0.1, -0.05) is 26.0 Å². The van der Waals surface area contributed by atoms with E-state index >= 15 is 0 Å². The maximum Gasteiger partial charge on any atom is 0.305 e. The standard InChI is InChI=1S/C34H38FN3O5/c1-6-38(7-2)28-19-29-27(31(34(42)36-5)32(43-29)21-11-13-24(35)14-12-21)18-26(28)22-9-8-10-23(16-22)33(41)37-25(15-20(3)4)17-30(39)40/h8-14,16,18-20,25H,6-7,15,17H2,1-5H3,(H,36,42)(H,37,41)(H,39,40)/t25-/m0/s1. The number of carboxylic acids is 1. The fourth-order valence-corrected chi connectivity index (χ4v) is 5.41. The van der Waals surface area contributed by atoms with Gasteiger partial charge in [0.15, 0.2) is 0 Å². The fourth-order valence-electron chi connectivity index (χ4n) is 5.41. The first kappa shape index (κ1) is 31.3. The van der Waals surface area contributed by atoms with E-state index in [-0.39, 0.29) is 24.2 Å². The lowest BCUT2D eigenvalue weighted by molar-refractivity contribution is -0.137. The van der Waals surface area contributed by atoms with Gasteiger partial charge in [-0.25, -0.2) is 4.39 Å². The molecule has 226 valence electrons. The summed E-state index contributed by atoms with van der Waals surface area (Å²) in [6, 6.07) is 16.2. The molecule has 0 spiro atoms. The number of nitrogens with one attached hydrogen (secondary N) is 2. The molecule has 9 heteroatoms. The second-order valence-corrected chi connectivity index (χ2v) is 10.9. The van der Waals surface area contributed by atoms with Gasteiger partial charge in [0.25, 0.3) is 11.8 Å². The lowest BCUT2D eigenvalue weighted by atomic mass is 9.96. The van der Waals surface area contributed by atoms with Crippen molar-refractivity contribution in [2.45, 2.75) is 46.6 Å². The van der Waals surface area contributed by atoms with E-state index in [1.165, 1.54) is 12.1 Å². The predicted octanol–water partition coefficient (Wildman–Crippen LogP) is 6.73. The number of nitrogens with zero attached hydrogens (tertiary/aromatic N) is 1. The van der Waals surface area contributed by atoms with E-state index in [2.05, 4.69) is 15.5 Å². The van der Waals surface area contributed by atoms with Gasteiger partial charge < -0.3 is 25.1 Å². The number of carboxylic acid groups (broad SMARTS) is 1. The average Bonchev–Trinajstić information content (AvgIpc) is 3.35. The Kier molecular flexibility index (Phi) is 9.85. The van der Waals surface area contributed by atoms with Crippen molar-refractivity contribution in [3.8, 4) is 22.5 Å². The van der Waals surface area contributed by atoms with E-state index in [1.807, 2.05) is 45.9 Å². The van der Waals surface area contributed by atoms with Crippen LogP contribution in [0, 0.1) is 11.7 Å². The molecule has 4 rings (SSSR count). The Balaban J connectivity index is 1.87. The summed E-state index contributed by atoms with van der Waals surface area (Å²) in [5, 5.41) is 15.5. The first-order valence-electron chi connectivity index (χ1n) is 14.5. The number of halogens is 1. The van der Waals surface area contributed by atoms with Crippen LogP contribution in [-0.2, 0) is 4.79 Å². The number of aliphatic carboxylic acids is 1. The number of hydrogen-bond acceptors (Lipinski definition) is 5. The third-order valence-electron chi connectivity index (χ3n) is 7.42. The number of furan rings is 1. The average molecular weight is 588 g/mol. The second-order valence-electron chi connectivity index (χ2n) is 10.9. The molecule has 2 amide bonds. The van der Waals surface area contributed by atoms with Gasteiger partial charge in [-0.05, 0) is 74.2 Å². The van der Waals surface area contributed by atoms with Crippen molar-refractivity contribution in [1.29, 1.82) is 0 Å². The summed E-state index contributed by atoms with van der Waals surface area (Å²) >= 11 is 0.